The van der Waals surface area contributed by atoms with Gasteiger partial charge < -0.3 is 0 Å². The van der Waals surface area contributed by atoms with Crippen LogP contribution >= 0.6 is 0 Å². The molecule has 0 aliphatic rings. The Morgan fingerprint density at radius 2 is 0.969 bits per heavy atom. The number of imidazole rings is 1. The van der Waals surface area contributed by atoms with Crippen molar-refractivity contribution in [3.63, 3.8) is 0 Å². The summed E-state index contributed by atoms with van der Waals surface area (Å²) in [5.74, 6) is 0.533. The molecule has 32 heavy (non-hydrogen) atoms. The molecule has 0 N–H and O–H groups in total. The second kappa shape index (κ2) is 8.82. The summed E-state index contributed by atoms with van der Waals surface area (Å²) in [7, 11) is 0. The van der Waals surface area contributed by atoms with Crippen molar-refractivity contribution in [2.24, 2.45) is 10.2 Å². The van der Waals surface area contributed by atoms with E-state index >= 15 is 0 Å². The smallest absolute Gasteiger partial charge is 0.250 e. The summed E-state index contributed by atoms with van der Waals surface area (Å²) < 4.78 is 2.11. The van der Waals surface area contributed by atoms with E-state index in [-0.39, 0.29) is 0 Å². The number of azo groups is 1. The molecule has 0 radical (unpaired) electrons. The maximum atomic E-state index is 4.58. The van der Waals surface area contributed by atoms with Crippen molar-refractivity contribution in [1.82, 2.24) is 9.55 Å². The van der Waals surface area contributed by atoms with Gasteiger partial charge in [-0.05, 0) is 28.8 Å². The Labute approximate surface area is 187 Å². The van der Waals surface area contributed by atoms with E-state index in [9.17, 15) is 0 Å². The molecule has 0 saturated carbocycles. The maximum Gasteiger partial charge on any atom is 0.250 e. The van der Waals surface area contributed by atoms with Crippen molar-refractivity contribution in [1.29, 1.82) is 0 Å². The average molecular weight is 415 g/mol. The predicted molar refractivity (Wildman–Crippen MR) is 127 cm³/mol. The number of benzene rings is 4. The van der Waals surface area contributed by atoms with E-state index in [0.717, 1.165) is 22.4 Å². The van der Waals surface area contributed by atoms with Crippen LogP contribution in [0, 0.1) is 0 Å². The van der Waals surface area contributed by atoms with Crippen LogP contribution in [0.3, 0.4) is 0 Å². The first-order valence-corrected chi connectivity index (χ1v) is 10.6. The first-order chi connectivity index (χ1) is 15.9. The summed E-state index contributed by atoms with van der Waals surface area (Å²) in [5, 5.41) is 9.00. The summed E-state index contributed by atoms with van der Waals surface area (Å²) in [6.45, 7) is 0. The first kappa shape index (κ1) is 19.6. The number of nitrogens with zero attached hydrogens (tertiary/aromatic N) is 4. The van der Waals surface area contributed by atoms with Crippen LogP contribution in [-0.2, 0) is 5.54 Å². The molecule has 4 nitrogen and oxygen atoms in total. The standard InChI is InChI=1S/C28H22N4/c1-5-13-23(14-6-1)28(24-15-7-2-8-16-24,25-17-9-3-10-18-25)32-22-21-29-27(32)31-30-26-19-11-4-12-20-26/h1-22H. The summed E-state index contributed by atoms with van der Waals surface area (Å²) in [5.41, 5.74) is 3.47. The molecule has 5 aromatic rings. The van der Waals surface area contributed by atoms with Crippen molar-refractivity contribution in [2.45, 2.75) is 5.54 Å². The Balaban J connectivity index is 1.79. The van der Waals surface area contributed by atoms with Crippen molar-refractivity contribution in [2.75, 3.05) is 0 Å². The van der Waals surface area contributed by atoms with Gasteiger partial charge >= 0.3 is 0 Å². The lowest BCUT2D eigenvalue weighted by Gasteiger charge is -2.37. The SMILES string of the molecule is c1ccc(N=Nc2nccn2C(c2ccccc2)(c2ccccc2)c2ccccc2)cc1. The van der Waals surface area contributed by atoms with E-state index in [1.807, 2.05) is 54.7 Å². The van der Waals surface area contributed by atoms with E-state index in [1.54, 1.807) is 6.20 Å². The first-order valence-electron chi connectivity index (χ1n) is 10.6. The lowest BCUT2D eigenvalue weighted by atomic mass is 9.76. The van der Waals surface area contributed by atoms with Crippen LogP contribution in [0.5, 0.6) is 0 Å². The van der Waals surface area contributed by atoms with Crippen LogP contribution in [0.25, 0.3) is 0 Å². The Kier molecular flexibility index (Phi) is 5.41. The van der Waals surface area contributed by atoms with E-state index in [0.29, 0.717) is 5.95 Å². The second-order valence-corrected chi connectivity index (χ2v) is 7.44. The van der Waals surface area contributed by atoms with Gasteiger partial charge in [0.2, 0.25) is 0 Å². The van der Waals surface area contributed by atoms with Crippen LogP contribution in [0.4, 0.5) is 11.6 Å². The van der Waals surface area contributed by atoms with Gasteiger partial charge in [-0.2, -0.15) is 0 Å². The van der Waals surface area contributed by atoms with Crippen molar-refractivity contribution >= 4 is 11.6 Å². The number of aromatic nitrogens is 2. The molecular weight excluding hydrogens is 392 g/mol. The van der Waals surface area contributed by atoms with Crippen LogP contribution < -0.4 is 0 Å². The molecule has 0 spiro atoms. The fourth-order valence-corrected chi connectivity index (χ4v) is 4.18. The van der Waals surface area contributed by atoms with Gasteiger partial charge in [-0.3, -0.25) is 4.57 Å². The zero-order chi connectivity index (χ0) is 21.6. The van der Waals surface area contributed by atoms with Gasteiger partial charge in [0.25, 0.3) is 5.95 Å². The highest BCUT2D eigenvalue weighted by atomic mass is 15.3. The number of hydrogen-bond acceptors (Lipinski definition) is 3. The summed E-state index contributed by atoms with van der Waals surface area (Å²) >= 11 is 0. The summed E-state index contributed by atoms with van der Waals surface area (Å²) in [6, 6.07) is 41.1. The second-order valence-electron chi connectivity index (χ2n) is 7.44. The van der Waals surface area contributed by atoms with Crippen LogP contribution in [0.15, 0.2) is 144 Å². The number of hydrogen-bond donors (Lipinski definition) is 0. The maximum absolute atomic E-state index is 4.58. The largest absolute Gasteiger partial charge is 0.296 e. The van der Waals surface area contributed by atoms with Crippen LogP contribution in [-0.4, -0.2) is 9.55 Å². The monoisotopic (exact) mass is 414 g/mol. The van der Waals surface area contributed by atoms with Gasteiger partial charge in [0.15, 0.2) is 0 Å². The highest BCUT2D eigenvalue weighted by molar-refractivity contribution is 5.52. The molecule has 0 aliphatic carbocycles. The van der Waals surface area contributed by atoms with Gasteiger partial charge in [-0.25, -0.2) is 4.98 Å². The van der Waals surface area contributed by atoms with Gasteiger partial charge in [-0.15, -0.1) is 10.2 Å². The molecular formula is C28H22N4. The molecule has 4 aromatic carbocycles. The zero-order valence-electron chi connectivity index (χ0n) is 17.5. The average Bonchev–Trinajstić information content (AvgIpc) is 3.35. The highest BCUT2D eigenvalue weighted by Gasteiger charge is 2.39. The summed E-state index contributed by atoms with van der Waals surface area (Å²) in [4.78, 5) is 4.58. The van der Waals surface area contributed by atoms with Gasteiger partial charge in [-0.1, -0.05) is 109 Å². The Hall–Kier alpha value is -4.31. The van der Waals surface area contributed by atoms with Gasteiger partial charge in [0, 0.05) is 12.4 Å². The predicted octanol–water partition coefficient (Wildman–Crippen LogP) is 7.14. The minimum atomic E-state index is -0.661. The third-order valence-corrected chi connectivity index (χ3v) is 5.57. The molecule has 5 rings (SSSR count). The lowest BCUT2D eigenvalue weighted by molar-refractivity contribution is 0.517. The normalized spacial score (nSPS) is 11.6. The molecule has 0 atom stereocenters. The third kappa shape index (κ3) is 3.52. The van der Waals surface area contributed by atoms with Crippen molar-refractivity contribution < 1.29 is 0 Å². The molecule has 0 amide bonds. The van der Waals surface area contributed by atoms with E-state index in [4.69, 9.17) is 0 Å². The molecule has 0 aliphatic heterocycles. The lowest BCUT2D eigenvalue weighted by Crippen LogP contribution is -2.37. The Morgan fingerprint density at radius 3 is 1.44 bits per heavy atom. The molecule has 0 fully saturated rings. The van der Waals surface area contributed by atoms with Crippen molar-refractivity contribution in [3.05, 3.63) is 150 Å². The molecule has 4 heteroatoms. The molecule has 1 aromatic heterocycles. The third-order valence-electron chi connectivity index (χ3n) is 5.57. The van der Waals surface area contributed by atoms with E-state index in [1.165, 1.54) is 0 Å². The van der Waals surface area contributed by atoms with E-state index < -0.39 is 5.54 Å². The van der Waals surface area contributed by atoms with Gasteiger partial charge in [0.05, 0.1) is 5.69 Å². The molecule has 1 heterocycles. The highest BCUT2D eigenvalue weighted by Crippen LogP contribution is 2.42. The summed E-state index contributed by atoms with van der Waals surface area (Å²) in [6.07, 6.45) is 3.76. The minimum Gasteiger partial charge on any atom is -0.296 e. The fourth-order valence-electron chi connectivity index (χ4n) is 4.18. The molecule has 0 saturated heterocycles. The molecule has 0 bridgehead atoms. The Morgan fingerprint density at radius 1 is 0.531 bits per heavy atom. The molecule has 154 valence electrons. The van der Waals surface area contributed by atoms with Crippen LogP contribution in [0.1, 0.15) is 16.7 Å². The number of rotatable bonds is 6. The Bertz CT molecular complexity index is 1200. The van der Waals surface area contributed by atoms with Crippen LogP contribution in [0.2, 0.25) is 0 Å². The van der Waals surface area contributed by atoms with Gasteiger partial charge in [0.1, 0.15) is 5.54 Å². The topological polar surface area (TPSA) is 42.5 Å². The van der Waals surface area contributed by atoms with Crippen molar-refractivity contribution in [3.8, 4) is 0 Å². The van der Waals surface area contributed by atoms with E-state index in [2.05, 4.69) is 92.6 Å². The zero-order valence-corrected chi connectivity index (χ0v) is 17.5. The molecule has 0 unspecified atom stereocenters. The fraction of sp³-hybridized carbons (Fsp3) is 0.0357. The quantitative estimate of drug-likeness (QED) is 0.215. The minimum absolute atomic E-state index is 0.533.